The fraction of sp³-hybridized carbons (Fsp3) is 1.00. The van der Waals surface area contributed by atoms with Gasteiger partial charge >= 0.3 is 0 Å². The molecule has 1 aliphatic heterocycles. The molecule has 0 aromatic carbocycles. The minimum Gasteiger partial charge on any atom is -0.314 e. The molecule has 1 saturated carbocycles. The van der Waals surface area contributed by atoms with E-state index in [9.17, 15) is 8.42 Å². The van der Waals surface area contributed by atoms with E-state index in [1.807, 2.05) is 0 Å². The molecule has 2 aliphatic rings. The van der Waals surface area contributed by atoms with Crippen molar-refractivity contribution < 1.29 is 8.42 Å². The molecule has 0 aromatic heterocycles. The Morgan fingerprint density at radius 1 is 1.25 bits per heavy atom. The van der Waals surface area contributed by atoms with Gasteiger partial charge in [-0.25, -0.2) is 8.42 Å². The summed E-state index contributed by atoms with van der Waals surface area (Å²) in [5, 5.41) is 3.63. The maximum absolute atomic E-state index is 11.7. The van der Waals surface area contributed by atoms with Gasteiger partial charge in [-0.3, -0.25) is 4.90 Å². The third-order valence-electron chi connectivity index (χ3n) is 4.99. The van der Waals surface area contributed by atoms with E-state index in [0.29, 0.717) is 30.0 Å². The van der Waals surface area contributed by atoms with Crippen molar-refractivity contribution in [3.8, 4) is 0 Å². The van der Waals surface area contributed by atoms with Crippen LogP contribution in [0.5, 0.6) is 0 Å². The fourth-order valence-corrected chi connectivity index (χ4v) is 5.46. The van der Waals surface area contributed by atoms with Crippen LogP contribution in [0.15, 0.2) is 0 Å². The zero-order valence-corrected chi connectivity index (χ0v) is 14.0. The van der Waals surface area contributed by atoms with Crippen LogP contribution in [0.25, 0.3) is 0 Å². The number of hydrogen-bond donors (Lipinski definition) is 1. The minimum absolute atomic E-state index is 0.174. The van der Waals surface area contributed by atoms with E-state index in [0.717, 1.165) is 19.0 Å². The average Bonchev–Trinajstić information content (AvgIpc) is 2.35. The summed E-state index contributed by atoms with van der Waals surface area (Å²) in [6, 6.07) is 0.787. The summed E-state index contributed by atoms with van der Waals surface area (Å²) < 4.78 is 23.4. The lowest BCUT2D eigenvalue weighted by Gasteiger charge is -2.41. The average molecular weight is 302 g/mol. The molecule has 4 atom stereocenters. The number of hydrogen-bond acceptors (Lipinski definition) is 4. The minimum atomic E-state index is -2.80. The molecule has 2 fully saturated rings. The summed E-state index contributed by atoms with van der Waals surface area (Å²) in [6.45, 7) is 9.38. The summed E-state index contributed by atoms with van der Waals surface area (Å²) >= 11 is 0. The van der Waals surface area contributed by atoms with Crippen molar-refractivity contribution >= 4 is 9.84 Å². The monoisotopic (exact) mass is 302 g/mol. The largest absolute Gasteiger partial charge is 0.314 e. The topological polar surface area (TPSA) is 49.4 Å². The number of sulfone groups is 1. The molecule has 118 valence electrons. The van der Waals surface area contributed by atoms with Gasteiger partial charge in [-0.05, 0) is 44.6 Å². The second-order valence-corrected chi connectivity index (χ2v) is 9.03. The van der Waals surface area contributed by atoms with Gasteiger partial charge in [-0.1, -0.05) is 13.8 Å². The number of nitrogens with one attached hydrogen (secondary N) is 1. The summed E-state index contributed by atoms with van der Waals surface area (Å²) in [4.78, 5) is 2.40. The van der Waals surface area contributed by atoms with Gasteiger partial charge in [0.15, 0.2) is 9.84 Å². The Morgan fingerprint density at radius 2 is 2.00 bits per heavy atom. The van der Waals surface area contributed by atoms with Gasteiger partial charge in [0.25, 0.3) is 0 Å². The molecule has 1 saturated heterocycles. The first-order chi connectivity index (χ1) is 9.41. The number of rotatable bonds is 4. The first-order valence-corrected chi connectivity index (χ1v) is 9.91. The third-order valence-corrected chi connectivity index (χ3v) is 6.78. The molecule has 0 spiro atoms. The smallest absolute Gasteiger partial charge is 0.153 e. The summed E-state index contributed by atoms with van der Waals surface area (Å²) in [6.07, 6.45) is 3.85. The second-order valence-electron chi connectivity index (χ2n) is 6.80. The predicted molar refractivity (Wildman–Crippen MR) is 83.7 cm³/mol. The van der Waals surface area contributed by atoms with Crippen molar-refractivity contribution in [3.63, 3.8) is 0 Å². The fourth-order valence-electron chi connectivity index (χ4n) is 3.84. The van der Waals surface area contributed by atoms with Crippen molar-refractivity contribution in [2.24, 2.45) is 11.8 Å². The SMILES string of the molecule is CCNC1CCC(C)CC1CN1CCS(=O)(=O)CC1C. The first-order valence-electron chi connectivity index (χ1n) is 8.09. The predicted octanol–water partition coefficient (Wildman–Crippen LogP) is 1.52. The van der Waals surface area contributed by atoms with Crippen LogP contribution in [0.2, 0.25) is 0 Å². The molecule has 0 radical (unpaired) electrons. The lowest BCUT2D eigenvalue weighted by molar-refractivity contribution is 0.127. The van der Waals surface area contributed by atoms with Crippen LogP contribution in [0, 0.1) is 11.8 Å². The highest BCUT2D eigenvalue weighted by molar-refractivity contribution is 7.91. The van der Waals surface area contributed by atoms with Crippen molar-refractivity contribution in [3.05, 3.63) is 0 Å². The highest BCUT2D eigenvalue weighted by Crippen LogP contribution is 2.30. The van der Waals surface area contributed by atoms with Crippen LogP contribution in [0.3, 0.4) is 0 Å². The van der Waals surface area contributed by atoms with Gasteiger partial charge in [-0.15, -0.1) is 0 Å². The van der Waals surface area contributed by atoms with E-state index < -0.39 is 9.84 Å². The molecule has 4 unspecified atom stereocenters. The van der Waals surface area contributed by atoms with Crippen molar-refractivity contribution in [2.45, 2.75) is 52.1 Å². The molecule has 0 bridgehead atoms. The van der Waals surface area contributed by atoms with Gasteiger partial charge in [0.1, 0.15) is 0 Å². The van der Waals surface area contributed by atoms with Crippen LogP contribution in [0.1, 0.15) is 40.0 Å². The van der Waals surface area contributed by atoms with Gasteiger partial charge in [0.2, 0.25) is 0 Å². The van der Waals surface area contributed by atoms with Gasteiger partial charge in [-0.2, -0.15) is 0 Å². The van der Waals surface area contributed by atoms with Gasteiger partial charge in [0.05, 0.1) is 11.5 Å². The summed E-state index contributed by atoms with van der Waals surface area (Å²) in [5.74, 6) is 2.15. The molecule has 1 aliphatic carbocycles. The van der Waals surface area contributed by atoms with Crippen LogP contribution in [-0.2, 0) is 9.84 Å². The Morgan fingerprint density at radius 3 is 2.65 bits per heavy atom. The lowest BCUT2D eigenvalue weighted by Crippen LogP contribution is -2.52. The standard InChI is InChI=1S/C15H30N2O2S/c1-4-16-15-6-5-12(2)9-14(15)10-17-7-8-20(18,19)11-13(17)3/h12-16H,4-11H2,1-3H3. The highest BCUT2D eigenvalue weighted by atomic mass is 32.2. The Labute approximate surface area is 124 Å². The summed E-state index contributed by atoms with van der Waals surface area (Å²) in [7, 11) is -2.80. The normalized spacial score (nSPS) is 38.8. The molecule has 5 heteroatoms. The van der Waals surface area contributed by atoms with E-state index in [-0.39, 0.29) is 6.04 Å². The van der Waals surface area contributed by atoms with Crippen LogP contribution in [-0.4, -0.2) is 56.5 Å². The zero-order valence-electron chi connectivity index (χ0n) is 13.1. The van der Waals surface area contributed by atoms with Gasteiger partial charge < -0.3 is 5.32 Å². The molecule has 1 heterocycles. The Bertz CT molecular complexity index is 410. The molecular weight excluding hydrogens is 272 g/mol. The maximum Gasteiger partial charge on any atom is 0.153 e. The van der Waals surface area contributed by atoms with Crippen molar-refractivity contribution in [1.82, 2.24) is 10.2 Å². The Hall–Kier alpha value is -0.130. The molecule has 4 nitrogen and oxygen atoms in total. The quantitative estimate of drug-likeness (QED) is 0.855. The van der Waals surface area contributed by atoms with Crippen LogP contribution >= 0.6 is 0 Å². The van der Waals surface area contributed by atoms with E-state index in [2.05, 4.69) is 31.0 Å². The van der Waals surface area contributed by atoms with Crippen LogP contribution in [0.4, 0.5) is 0 Å². The molecular formula is C15H30N2O2S. The van der Waals surface area contributed by atoms with E-state index in [4.69, 9.17) is 0 Å². The maximum atomic E-state index is 11.7. The zero-order chi connectivity index (χ0) is 14.8. The Kier molecular flexibility index (Phi) is 5.49. The van der Waals surface area contributed by atoms with E-state index in [1.165, 1.54) is 19.3 Å². The second kappa shape index (κ2) is 6.75. The van der Waals surface area contributed by atoms with Gasteiger partial charge in [0, 0.05) is 25.2 Å². The van der Waals surface area contributed by atoms with Crippen molar-refractivity contribution in [2.75, 3.05) is 31.1 Å². The molecule has 20 heavy (non-hydrogen) atoms. The van der Waals surface area contributed by atoms with E-state index in [1.54, 1.807) is 0 Å². The molecule has 0 amide bonds. The van der Waals surface area contributed by atoms with E-state index >= 15 is 0 Å². The Balaban J connectivity index is 1.96. The van der Waals surface area contributed by atoms with Crippen molar-refractivity contribution in [1.29, 1.82) is 0 Å². The molecule has 2 rings (SSSR count). The summed E-state index contributed by atoms with van der Waals surface area (Å²) in [5.41, 5.74) is 0. The highest BCUT2D eigenvalue weighted by Gasteiger charge is 2.34. The molecule has 1 N–H and O–H groups in total. The number of nitrogens with zero attached hydrogens (tertiary/aromatic N) is 1. The third kappa shape index (κ3) is 4.18. The van der Waals surface area contributed by atoms with Crippen LogP contribution < -0.4 is 5.32 Å². The first kappa shape index (κ1) is 16.2. The molecule has 0 aromatic rings. The lowest BCUT2D eigenvalue weighted by atomic mass is 9.78.